The van der Waals surface area contributed by atoms with Crippen molar-refractivity contribution in [3.8, 4) is 0 Å². The molecule has 1 amide bonds. The minimum absolute atomic E-state index is 0.167. The van der Waals surface area contributed by atoms with Crippen LogP contribution in [-0.2, 0) is 17.6 Å². The molecule has 2 heterocycles. The first-order valence-corrected chi connectivity index (χ1v) is 8.23. The van der Waals surface area contributed by atoms with E-state index in [2.05, 4.69) is 35.3 Å². The fourth-order valence-corrected chi connectivity index (χ4v) is 3.14. The number of carbonyl (C=O) groups is 1. The Bertz CT molecular complexity index is 631. The summed E-state index contributed by atoms with van der Waals surface area (Å²) in [5.74, 6) is 0.844. The lowest BCUT2D eigenvalue weighted by Gasteiger charge is -2.32. The Balaban J connectivity index is 1.48. The highest BCUT2D eigenvalue weighted by molar-refractivity contribution is 5.78. The third-order valence-corrected chi connectivity index (χ3v) is 4.51. The molecule has 0 spiro atoms. The van der Waals surface area contributed by atoms with E-state index < -0.39 is 0 Å². The zero-order chi connectivity index (χ0) is 16.1. The van der Waals surface area contributed by atoms with Gasteiger partial charge >= 0.3 is 0 Å². The second-order valence-corrected chi connectivity index (χ2v) is 6.27. The van der Waals surface area contributed by atoms with Crippen molar-refractivity contribution in [2.75, 3.05) is 18.8 Å². The third kappa shape index (κ3) is 4.31. The molecule has 1 aliphatic rings. The van der Waals surface area contributed by atoms with E-state index in [1.165, 1.54) is 5.56 Å². The number of nitrogens with two attached hydrogens (primary N) is 1. The number of rotatable bonds is 4. The van der Waals surface area contributed by atoms with Crippen LogP contribution in [0.3, 0.4) is 0 Å². The topological polar surface area (TPSA) is 59.2 Å². The maximum absolute atomic E-state index is 12.4. The first-order chi connectivity index (χ1) is 11.2. The molecule has 0 saturated carbocycles. The monoisotopic (exact) mass is 309 g/mol. The number of nitrogens with zero attached hydrogens (tertiary/aromatic N) is 2. The Morgan fingerprint density at radius 3 is 2.52 bits per heavy atom. The van der Waals surface area contributed by atoms with Crippen LogP contribution in [0, 0.1) is 5.92 Å². The lowest BCUT2D eigenvalue weighted by Crippen LogP contribution is -2.39. The molecule has 0 radical (unpaired) electrons. The molecule has 0 aliphatic carbocycles. The fraction of sp³-hybridized carbons (Fsp3) is 0.368. The standard InChI is InChI=1S/C19H23N3O/c20-17-6-7-18(21-14-17)13-19(23)22-10-8-16(9-11-22)12-15-4-2-1-3-5-15/h1-7,14,16H,8-13,20H2. The minimum atomic E-state index is 0.167. The van der Waals surface area contributed by atoms with E-state index in [0.717, 1.165) is 38.0 Å². The largest absolute Gasteiger partial charge is 0.397 e. The predicted octanol–water partition coefficient (Wildman–Crippen LogP) is 2.69. The average Bonchev–Trinajstić information content (AvgIpc) is 2.58. The highest BCUT2D eigenvalue weighted by Gasteiger charge is 2.23. The van der Waals surface area contributed by atoms with Crippen LogP contribution in [0.5, 0.6) is 0 Å². The Labute approximate surface area is 137 Å². The van der Waals surface area contributed by atoms with Crippen LogP contribution in [-0.4, -0.2) is 28.9 Å². The van der Waals surface area contributed by atoms with Crippen molar-refractivity contribution >= 4 is 11.6 Å². The Hall–Kier alpha value is -2.36. The third-order valence-electron chi connectivity index (χ3n) is 4.51. The SMILES string of the molecule is Nc1ccc(CC(=O)N2CCC(Cc3ccccc3)CC2)nc1. The van der Waals surface area contributed by atoms with Gasteiger partial charge in [0.25, 0.3) is 0 Å². The summed E-state index contributed by atoms with van der Waals surface area (Å²) in [6, 6.07) is 14.2. The lowest BCUT2D eigenvalue weighted by atomic mass is 9.90. The summed E-state index contributed by atoms with van der Waals surface area (Å²) in [6.45, 7) is 1.70. The molecule has 1 aromatic heterocycles. The maximum Gasteiger partial charge on any atom is 0.228 e. The highest BCUT2D eigenvalue weighted by atomic mass is 16.2. The quantitative estimate of drug-likeness (QED) is 0.944. The van der Waals surface area contributed by atoms with Crippen molar-refractivity contribution < 1.29 is 4.79 Å². The smallest absolute Gasteiger partial charge is 0.228 e. The van der Waals surface area contributed by atoms with Crippen LogP contribution < -0.4 is 5.73 Å². The number of anilines is 1. The molecule has 1 saturated heterocycles. The van der Waals surface area contributed by atoms with E-state index in [9.17, 15) is 4.79 Å². The zero-order valence-electron chi connectivity index (χ0n) is 13.3. The van der Waals surface area contributed by atoms with E-state index in [1.54, 1.807) is 12.3 Å². The van der Waals surface area contributed by atoms with Crippen LogP contribution in [0.1, 0.15) is 24.1 Å². The molecular formula is C19H23N3O. The molecular weight excluding hydrogens is 286 g/mol. The van der Waals surface area contributed by atoms with Crippen LogP contribution in [0.25, 0.3) is 0 Å². The number of hydrogen-bond donors (Lipinski definition) is 1. The van der Waals surface area contributed by atoms with Crippen molar-refractivity contribution in [3.63, 3.8) is 0 Å². The molecule has 1 aromatic carbocycles. The van der Waals surface area contributed by atoms with E-state index in [0.29, 0.717) is 18.0 Å². The van der Waals surface area contributed by atoms with Gasteiger partial charge in [-0.25, -0.2) is 0 Å². The summed E-state index contributed by atoms with van der Waals surface area (Å²) in [5.41, 5.74) is 8.43. The molecule has 3 rings (SSSR count). The van der Waals surface area contributed by atoms with Crippen molar-refractivity contribution in [2.24, 2.45) is 5.92 Å². The first kappa shape index (κ1) is 15.5. The van der Waals surface area contributed by atoms with E-state index in [4.69, 9.17) is 5.73 Å². The van der Waals surface area contributed by atoms with Crippen molar-refractivity contribution in [3.05, 3.63) is 59.9 Å². The number of amides is 1. The summed E-state index contributed by atoms with van der Waals surface area (Å²) in [5, 5.41) is 0. The van der Waals surface area contributed by atoms with Gasteiger partial charge in [0.15, 0.2) is 0 Å². The number of aromatic nitrogens is 1. The van der Waals surface area contributed by atoms with E-state index >= 15 is 0 Å². The Morgan fingerprint density at radius 1 is 1.13 bits per heavy atom. The summed E-state index contributed by atoms with van der Waals surface area (Å²) >= 11 is 0. The van der Waals surface area contributed by atoms with Crippen molar-refractivity contribution in [2.45, 2.75) is 25.7 Å². The van der Waals surface area contributed by atoms with Crippen molar-refractivity contribution in [1.29, 1.82) is 0 Å². The molecule has 0 unspecified atom stereocenters. The number of pyridine rings is 1. The molecule has 120 valence electrons. The number of nitrogen functional groups attached to an aromatic ring is 1. The van der Waals surface area contributed by atoms with Crippen molar-refractivity contribution in [1.82, 2.24) is 9.88 Å². The molecule has 4 nitrogen and oxygen atoms in total. The predicted molar refractivity (Wildman–Crippen MR) is 91.8 cm³/mol. The Morgan fingerprint density at radius 2 is 1.87 bits per heavy atom. The minimum Gasteiger partial charge on any atom is -0.397 e. The van der Waals surface area contributed by atoms with Crippen LogP contribution in [0.4, 0.5) is 5.69 Å². The maximum atomic E-state index is 12.4. The summed E-state index contributed by atoms with van der Waals surface area (Å²) in [4.78, 5) is 18.6. The first-order valence-electron chi connectivity index (χ1n) is 8.23. The van der Waals surface area contributed by atoms with Gasteiger partial charge in [-0.3, -0.25) is 9.78 Å². The molecule has 1 aliphatic heterocycles. The number of likely N-dealkylation sites (tertiary alicyclic amines) is 1. The molecule has 2 aromatic rings. The summed E-state index contributed by atoms with van der Waals surface area (Å²) < 4.78 is 0. The number of hydrogen-bond acceptors (Lipinski definition) is 3. The van der Waals surface area contributed by atoms with Gasteiger partial charge in [-0.1, -0.05) is 30.3 Å². The molecule has 23 heavy (non-hydrogen) atoms. The van der Waals surface area contributed by atoms with Gasteiger partial charge in [0.05, 0.1) is 18.3 Å². The molecule has 0 bridgehead atoms. The normalized spacial score (nSPS) is 15.6. The van der Waals surface area contributed by atoms with Gasteiger partial charge < -0.3 is 10.6 Å². The lowest BCUT2D eigenvalue weighted by molar-refractivity contribution is -0.131. The molecule has 4 heteroatoms. The van der Waals surface area contributed by atoms with Gasteiger partial charge in [0, 0.05) is 18.8 Å². The second kappa shape index (κ2) is 7.27. The number of piperidine rings is 1. The van der Waals surface area contributed by atoms with Gasteiger partial charge in [-0.05, 0) is 42.9 Å². The second-order valence-electron chi connectivity index (χ2n) is 6.27. The average molecular weight is 309 g/mol. The zero-order valence-corrected chi connectivity index (χ0v) is 13.3. The van der Waals surface area contributed by atoms with Gasteiger partial charge in [-0.15, -0.1) is 0 Å². The molecule has 1 fully saturated rings. The highest BCUT2D eigenvalue weighted by Crippen LogP contribution is 2.22. The van der Waals surface area contributed by atoms with Gasteiger partial charge in [0.2, 0.25) is 5.91 Å². The number of carbonyl (C=O) groups excluding carboxylic acids is 1. The van der Waals surface area contributed by atoms with Crippen LogP contribution in [0.15, 0.2) is 48.7 Å². The fourth-order valence-electron chi connectivity index (χ4n) is 3.14. The van der Waals surface area contributed by atoms with Gasteiger partial charge in [-0.2, -0.15) is 0 Å². The van der Waals surface area contributed by atoms with Crippen LogP contribution >= 0.6 is 0 Å². The summed E-state index contributed by atoms with van der Waals surface area (Å²) in [6.07, 6.45) is 5.24. The molecule has 0 atom stereocenters. The van der Waals surface area contributed by atoms with E-state index in [1.807, 2.05) is 11.0 Å². The van der Waals surface area contributed by atoms with E-state index in [-0.39, 0.29) is 5.91 Å². The Kier molecular flexibility index (Phi) is 4.91. The van der Waals surface area contributed by atoms with Crippen LogP contribution in [0.2, 0.25) is 0 Å². The van der Waals surface area contributed by atoms with Gasteiger partial charge in [0.1, 0.15) is 0 Å². The number of benzene rings is 1. The molecule has 2 N–H and O–H groups in total. The summed E-state index contributed by atoms with van der Waals surface area (Å²) in [7, 11) is 0.